The monoisotopic (exact) mass is 248 g/mol. The van der Waals surface area contributed by atoms with Gasteiger partial charge in [0.25, 0.3) is 0 Å². The number of amides is 1. The molecular formula is C15H24N2O. The van der Waals surface area contributed by atoms with Crippen LogP contribution < -0.4 is 11.1 Å². The summed E-state index contributed by atoms with van der Waals surface area (Å²) >= 11 is 0. The van der Waals surface area contributed by atoms with E-state index in [2.05, 4.69) is 19.2 Å². The van der Waals surface area contributed by atoms with Crippen LogP contribution in [0.1, 0.15) is 37.8 Å². The molecule has 0 heterocycles. The summed E-state index contributed by atoms with van der Waals surface area (Å²) in [5.41, 5.74) is 8.09. The molecule has 1 amide bonds. The lowest BCUT2D eigenvalue weighted by Gasteiger charge is -2.26. The van der Waals surface area contributed by atoms with Gasteiger partial charge in [0, 0.05) is 12.1 Å². The Morgan fingerprint density at radius 1 is 1.33 bits per heavy atom. The average molecular weight is 248 g/mol. The number of carbonyl (C=O) groups is 1. The maximum atomic E-state index is 11.8. The Kier molecular flexibility index (Phi) is 5.35. The van der Waals surface area contributed by atoms with Crippen molar-refractivity contribution in [3.05, 3.63) is 35.4 Å². The molecule has 3 nitrogen and oxygen atoms in total. The highest BCUT2D eigenvalue weighted by Crippen LogP contribution is 2.10. The minimum absolute atomic E-state index is 0.0392. The number of hydrogen-bond donors (Lipinski definition) is 2. The van der Waals surface area contributed by atoms with Crippen molar-refractivity contribution < 1.29 is 4.79 Å². The Balaban J connectivity index is 2.47. The number of rotatable bonds is 6. The van der Waals surface area contributed by atoms with Gasteiger partial charge in [-0.15, -0.1) is 0 Å². The van der Waals surface area contributed by atoms with Gasteiger partial charge in [0.2, 0.25) is 5.91 Å². The van der Waals surface area contributed by atoms with Gasteiger partial charge in [-0.2, -0.15) is 0 Å². The van der Waals surface area contributed by atoms with Crippen LogP contribution in [0, 0.1) is 6.92 Å². The summed E-state index contributed by atoms with van der Waals surface area (Å²) in [6, 6.07) is 8.01. The van der Waals surface area contributed by atoms with Crippen molar-refractivity contribution >= 4 is 5.91 Å². The summed E-state index contributed by atoms with van der Waals surface area (Å²) in [6.07, 6.45) is 2.16. The smallest absolute Gasteiger partial charge is 0.224 e. The first-order chi connectivity index (χ1) is 8.49. The van der Waals surface area contributed by atoms with Crippen molar-refractivity contribution in [2.24, 2.45) is 5.73 Å². The fourth-order valence-corrected chi connectivity index (χ4v) is 1.84. The molecule has 0 radical (unpaired) electrons. The minimum Gasteiger partial charge on any atom is -0.354 e. The second-order valence-electron chi connectivity index (χ2n) is 5.01. The first-order valence-electron chi connectivity index (χ1n) is 6.60. The molecule has 1 aromatic rings. The Bertz CT molecular complexity index is 397. The lowest BCUT2D eigenvalue weighted by atomic mass is 9.94. The van der Waals surface area contributed by atoms with Crippen molar-refractivity contribution in [2.75, 3.05) is 6.54 Å². The van der Waals surface area contributed by atoms with Crippen molar-refractivity contribution in [1.29, 1.82) is 0 Å². The molecular weight excluding hydrogens is 224 g/mol. The number of nitrogens with two attached hydrogens (primary N) is 1. The fraction of sp³-hybridized carbons (Fsp3) is 0.533. The van der Waals surface area contributed by atoms with E-state index in [1.54, 1.807) is 0 Å². The molecule has 0 aromatic heterocycles. The van der Waals surface area contributed by atoms with Gasteiger partial charge in [0.05, 0.1) is 6.42 Å². The number of aryl methyl sites for hydroxylation is 1. The zero-order chi connectivity index (χ0) is 13.6. The molecule has 0 aliphatic rings. The van der Waals surface area contributed by atoms with Gasteiger partial charge < -0.3 is 11.1 Å². The van der Waals surface area contributed by atoms with Gasteiger partial charge in [-0.3, -0.25) is 4.79 Å². The van der Waals surface area contributed by atoms with E-state index in [1.807, 2.05) is 31.2 Å². The molecule has 0 spiro atoms. The van der Waals surface area contributed by atoms with Gasteiger partial charge in [0.15, 0.2) is 0 Å². The predicted molar refractivity (Wildman–Crippen MR) is 75.4 cm³/mol. The molecule has 18 heavy (non-hydrogen) atoms. The maximum Gasteiger partial charge on any atom is 0.224 e. The summed E-state index contributed by atoms with van der Waals surface area (Å²) in [7, 11) is 0. The lowest BCUT2D eigenvalue weighted by molar-refractivity contribution is -0.120. The molecule has 100 valence electrons. The molecule has 1 aromatic carbocycles. The molecule has 0 atom stereocenters. The summed E-state index contributed by atoms with van der Waals surface area (Å²) < 4.78 is 0. The maximum absolute atomic E-state index is 11.8. The molecule has 3 N–H and O–H groups in total. The Morgan fingerprint density at radius 3 is 2.56 bits per heavy atom. The minimum atomic E-state index is -0.276. The van der Waals surface area contributed by atoms with Gasteiger partial charge in [-0.1, -0.05) is 43.7 Å². The summed E-state index contributed by atoms with van der Waals surface area (Å²) in [5, 5.41) is 2.93. The van der Waals surface area contributed by atoms with Gasteiger partial charge in [0.1, 0.15) is 0 Å². The first-order valence-corrected chi connectivity index (χ1v) is 6.60. The largest absolute Gasteiger partial charge is 0.354 e. The normalized spacial score (nSPS) is 11.3. The molecule has 0 aliphatic heterocycles. The quantitative estimate of drug-likeness (QED) is 0.810. The molecule has 0 saturated carbocycles. The highest BCUT2D eigenvalue weighted by atomic mass is 16.1. The van der Waals surface area contributed by atoms with Crippen LogP contribution in [-0.2, 0) is 11.2 Å². The number of carbonyl (C=O) groups excluding carboxylic acids is 1. The zero-order valence-corrected chi connectivity index (χ0v) is 11.6. The van der Waals surface area contributed by atoms with Gasteiger partial charge in [-0.25, -0.2) is 0 Å². The van der Waals surface area contributed by atoms with Gasteiger partial charge in [-0.05, 0) is 25.3 Å². The van der Waals surface area contributed by atoms with Crippen LogP contribution in [0.2, 0.25) is 0 Å². The standard InChI is InChI=1S/C15H24N2O/c1-4-15(16,5-2)11-17-14(18)10-13-8-6-7-12(3)9-13/h6-9H,4-5,10-11,16H2,1-3H3,(H,17,18). The van der Waals surface area contributed by atoms with Crippen molar-refractivity contribution in [2.45, 2.75) is 45.6 Å². The lowest BCUT2D eigenvalue weighted by Crippen LogP contribution is -2.49. The third-order valence-electron chi connectivity index (χ3n) is 3.49. The summed E-state index contributed by atoms with van der Waals surface area (Å²) in [4.78, 5) is 11.8. The molecule has 3 heteroatoms. The highest BCUT2D eigenvalue weighted by molar-refractivity contribution is 5.78. The van der Waals surface area contributed by atoms with E-state index >= 15 is 0 Å². The Hall–Kier alpha value is -1.35. The summed E-state index contributed by atoms with van der Waals surface area (Å²) in [6.45, 7) is 6.68. The van der Waals surface area contributed by atoms with Crippen LogP contribution in [0.25, 0.3) is 0 Å². The predicted octanol–water partition coefficient (Wildman–Crippen LogP) is 2.17. The zero-order valence-electron chi connectivity index (χ0n) is 11.6. The Labute approximate surface area is 110 Å². The van der Waals surface area contributed by atoms with E-state index in [-0.39, 0.29) is 11.4 Å². The van der Waals surface area contributed by atoms with Crippen LogP contribution in [0.5, 0.6) is 0 Å². The molecule has 0 saturated heterocycles. The molecule has 1 rings (SSSR count). The van der Waals surface area contributed by atoms with Crippen LogP contribution in [0.4, 0.5) is 0 Å². The average Bonchev–Trinajstić information content (AvgIpc) is 2.36. The molecule has 0 aliphatic carbocycles. The van der Waals surface area contributed by atoms with Crippen molar-refractivity contribution in [3.63, 3.8) is 0 Å². The van der Waals surface area contributed by atoms with E-state index < -0.39 is 0 Å². The number of nitrogens with one attached hydrogen (secondary N) is 1. The molecule has 0 fully saturated rings. The first kappa shape index (κ1) is 14.7. The van der Waals surface area contributed by atoms with Gasteiger partial charge >= 0.3 is 0 Å². The molecule has 0 bridgehead atoms. The summed E-state index contributed by atoms with van der Waals surface area (Å²) in [5.74, 6) is 0.0392. The Morgan fingerprint density at radius 2 is 2.00 bits per heavy atom. The van der Waals surface area contributed by atoms with Crippen LogP contribution in [-0.4, -0.2) is 18.0 Å². The topological polar surface area (TPSA) is 55.1 Å². The van der Waals surface area contributed by atoms with Crippen molar-refractivity contribution in [1.82, 2.24) is 5.32 Å². The van der Waals surface area contributed by atoms with E-state index in [1.165, 1.54) is 5.56 Å². The number of hydrogen-bond acceptors (Lipinski definition) is 2. The highest BCUT2D eigenvalue weighted by Gasteiger charge is 2.20. The fourth-order valence-electron chi connectivity index (χ4n) is 1.84. The van der Waals surface area contributed by atoms with Crippen molar-refractivity contribution in [3.8, 4) is 0 Å². The SMILES string of the molecule is CCC(N)(CC)CNC(=O)Cc1cccc(C)c1. The van der Waals surface area contributed by atoms with Crippen LogP contribution in [0.15, 0.2) is 24.3 Å². The van der Waals surface area contributed by atoms with E-state index in [0.29, 0.717) is 13.0 Å². The third kappa shape index (κ3) is 4.49. The van der Waals surface area contributed by atoms with Crippen LogP contribution in [0.3, 0.4) is 0 Å². The number of benzene rings is 1. The van der Waals surface area contributed by atoms with E-state index in [0.717, 1.165) is 18.4 Å². The van der Waals surface area contributed by atoms with E-state index in [4.69, 9.17) is 5.73 Å². The van der Waals surface area contributed by atoms with E-state index in [9.17, 15) is 4.79 Å². The third-order valence-corrected chi connectivity index (χ3v) is 3.49. The second kappa shape index (κ2) is 6.55. The second-order valence-corrected chi connectivity index (χ2v) is 5.01. The molecule has 0 unspecified atom stereocenters. The van der Waals surface area contributed by atoms with Crippen LogP contribution >= 0.6 is 0 Å².